The van der Waals surface area contributed by atoms with Crippen molar-refractivity contribution in [2.45, 2.75) is 6.92 Å². The molecule has 0 atom stereocenters. The first-order valence-electron chi connectivity index (χ1n) is 8.58. The van der Waals surface area contributed by atoms with Crippen LogP contribution < -0.4 is 10.3 Å². The Bertz CT molecular complexity index is 998. The Kier molecular flexibility index (Phi) is 5.65. The minimum Gasteiger partial charge on any atom is -0.357 e. The number of aromatic amines is 1. The van der Waals surface area contributed by atoms with Crippen molar-refractivity contribution in [2.24, 2.45) is 0 Å². The number of nitrogens with zero attached hydrogens (tertiary/aromatic N) is 4. The van der Waals surface area contributed by atoms with Gasteiger partial charge in [0.05, 0.1) is 5.56 Å². The fraction of sp³-hybridized carbons (Fsp3) is 0.150. The van der Waals surface area contributed by atoms with Gasteiger partial charge in [-0.2, -0.15) is 0 Å². The maximum atomic E-state index is 12.8. The van der Waals surface area contributed by atoms with Gasteiger partial charge in [0.1, 0.15) is 17.8 Å². The van der Waals surface area contributed by atoms with Crippen molar-refractivity contribution in [3.63, 3.8) is 0 Å². The van der Waals surface area contributed by atoms with E-state index < -0.39 is 0 Å². The number of aryl methyl sites for hydroxylation is 1. The van der Waals surface area contributed by atoms with Gasteiger partial charge in [0.2, 0.25) is 0 Å². The Morgan fingerprint density at radius 3 is 2.54 bits per heavy atom. The van der Waals surface area contributed by atoms with Crippen molar-refractivity contribution in [1.82, 2.24) is 20.0 Å². The fourth-order valence-corrected chi connectivity index (χ4v) is 2.85. The number of rotatable bonds is 6. The molecule has 2 aromatic heterocycles. The molecule has 1 amide bonds. The Labute approximate surface area is 168 Å². The second kappa shape index (κ2) is 8.14. The molecule has 0 unspecified atom stereocenters. The molecule has 144 valence electrons. The zero-order valence-corrected chi connectivity index (χ0v) is 16.7. The molecule has 0 fully saturated rings. The van der Waals surface area contributed by atoms with Gasteiger partial charge in [-0.15, -0.1) is 0 Å². The number of anilines is 3. The van der Waals surface area contributed by atoms with Crippen molar-refractivity contribution in [1.29, 1.82) is 0 Å². The number of hydrazine groups is 1. The molecule has 0 aliphatic rings. The van der Waals surface area contributed by atoms with Crippen molar-refractivity contribution >= 4 is 40.9 Å². The number of halogens is 1. The Balaban J connectivity index is 1.90. The van der Waals surface area contributed by atoms with E-state index in [2.05, 4.69) is 26.8 Å². The summed E-state index contributed by atoms with van der Waals surface area (Å²) >= 11 is 5.94. The number of benzene rings is 1. The second-order valence-electron chi connectivity index (χ2n) is 6.18. The molecule has 0 aliphatic carbocycles. The number of H-pyrrole nitrogens is 1. The van der Waals surface area contributed by atoms with E-state index in [0.29, 0.717) is 27.9 Å². The van der Waals surface area contributed by atoms with E-state index in [1.807, 2.05) is 25.1 Å². The highest BCUT2D eigenvalue weighted by Gasteiger charge is 2.22. The number of nitrogens with one attached hydrogen (secondary N) is 2. The summed E-state index contributed by atoms with van der Waals surface area (Å²) < 4.78 is 0. The predicted molar refractivity (Wildman–Crippen MR) is 113 cm³/mol. The number of carbonyl (C=O) groups excluding carboxylic acids is 1. The molecular formula is C20H21ClN6O. The first-order valence-corrected chi connectivity index (χ1v) is 8.96. The summed E-state index contributed by atoms with van der Waals surface area (Å²) in [6, 6.07) is 9.14. The van der Waals surface area contributed by atoms with E-state index in [1.165, 1.54) is 11.3 Å². The van der Waals surface area contributed by atoms with Crippen LogP contribution in [0.25, 0.3) is 6.08 Å². The third kappa shape index (κ3) is 3.84. The van der Waals surface area contributed by atoms with Crippen LogP contribution in [0.2, 0.25) is 5.02 Å². The molecule has 3 rings (SSSR count). The van der Waals surface area contributed by atoms with Crippen molar-refractivity contribution in [2.75, 3.05) is 24.4 Å². The van der Waals surface area contributed by atoms with Crippen LogP contribution in [0.3, 0.4) is 0 Å². The van der Waals surface area contributed by atoms with Gasteiger partial charge in [-0.3, -0.25) is 14.8 Å². The van der Waals surface area contributed by atoms with Crippen LogP contribution in [-0.2, 0) is 0 Å². The minimum absolute atomic E-state index is 0.175. The van der Waals surface area contributed by atoms with E-state index in [9.17, 15) is 4.79 Å². The second-order valence-corrected chi connectivity index (χ2v) is 6.62. The lowest BCUT2D eigenvalue weighted by molar-refractivity contribution is 0.0779. The van der Waals surface area contributed by atoms with E-state index in [1.54, 1.807) is 43.5 Å². The highest BCUT2D eigenvalue weighted by molar-refractivity contribution is 6.30. The van der Waals surface area contributed by atoms with Crippen LogP contribution in [0.1, 0.15) is 21.6 Å². The molecule has 8 heteroatoms. The molecule has 1 aromatic carbocycles. The van der Waals surface area contributed by atoms with Gasteiger partial charge in [0, 0.05) is 31.0 Å². The number of hydrogen-bond donors (Lipinski definition) is 2. The standard InChI is InChI=1S/C20H21ClN6O/c1-5-16-18(25-15-8-6-14(21)7-9-15)23-12-24-19(16)26(3)27(4)20(28)17-13(2)10-11-22-17/h5-12,22H,1H2,2-4H3,(H,23,24,25). The first-order chi connectivity index (χ1) is 13.4. The predicted octanol–water partition coefficient (Wildman–Crippen LogP) is 4.28. The molecule has 0 bridgehead atoms. The molecule has 28 heavy (non-hydrogen) atoms. The topological polar surface area (TPSA) is 77.2 Å². The van der Waals surface area contributed by atoms with Crippen LogP contribution in [0, 0.1) is 6.92 Å². The molecule has 0 aliphatic heterocycles. The largest absolute Gasteiger partial charge is 0.357 e. The summed E-state index contributed by atoms with van der Waals surface area (Å²) in [7, 11) is 3.45. The van der Waals surface area contributed by atoms with Gasteiger partial charge in [-0.1, -0.05) is 24.3 Å². The maximum absolute atomic E-state index is 12.8. The number of aromatic nitrogens is 3. The van der Waals surface area contributed by atoms with E-state index in [4.69, 9.17) is 11.6 Å². The monoisotopic (exact) mass is 396 g/mol. The summed E-state index contributed by atoms with van der Waals surface area (Å²) in [4.78, 5) is 24.4. The summed E-state index contributed by atoms with van der Waals surface area (Å²) in [5.74, 6) is 0.943. The smallest absolute Gasteiger partial charge is 0.288 e. The molecule has 2 N–H and O–H groups in total. The molecule has 7 nitrogen and oxygen atoms in total. The summed E-state index contributed by atoms with van der Waals surface area (Å²) in [6.07, 6.45) is 4.84. The lowest BCUT2D eigenvalue weighted by atomic mass is 10.2. The highest BCUT2D eigenvalue weighted by atomic mass is 35.5. The zero-order valence-electron chi connectivity index (χ0n) is 15.9. The summed E-state index contributed by atoms with van der Waals surface area (Å²) in [5.41, 5.74) is 2.90. The molecule has 0 radical (unpaired) electrons. The van der Waals surface area contributed by atoms with Gasteiger partial charge in [0.15, 0.2) is 5.82 Å². The molecule has 0 saturated carbocycles. The van der Waals surface area contributed by atoms with Crippen LogP contribution in [0.5, 0.6) is 0 Å². The average Bonchev–Trinajstić information content (AvgIpc) is 3.13. The van der Waals surface area contributed by atoms with Crippen LogP contribution in [-0.4, -0.2) is 40.0 Å². The fourth-order valence-electron chi connectivity index (χ4n) is 2.72. The molecule has 0 saturated heterocycles. The van der Waals surface area contributed by atoms with Gasteiger partial charge in [0.25, 0.3) is 5.91 Å². The van der Waals surface area contributed by atoms with Gasteiger partial charge >= 0.3 is 0 Å². The molecule has 3 aromatic rings. The Hall–Kier alpha value is -3.32. The molecule has 0 spiro atoms. The summed E-state index contributed by atoms with van der Waals surface area (Å²) in [6.45, 7) is 5.76. The third-order valence-electron chi connectivity index (χ3n) is 4.39. The van der Waals surface area contributed by atoms with Crippen LogP contribution in [0.15, 0.2) is 49.4 Å². The number of hydrogen-bond acceptors (Lipinski definition) is 5. The van der Waals surface area contributed by atoms with Crippen molar-refractivity contribution < 1.29 is 4.79 Å². The van der Waals surface area contributed by atoms with E-state index >= 15 is 0 Å². The zero-order chi connectivity index (χ0) is 20.3. The number of amides is 1. The van der Waals surface area contributed by atoms with Crippen molar-refractivity contribution in [3.8, 4) is 0 Å². The SMILES string of the molecule is C=Cc1c(Nc2ccc(Cl)cc2)ncnc1N(C)N(C)C(=O)c1[nH]ccc1C. The normalized spacial score (nSPS) is 10.4. The van der Waals surface area contributed by atoms with E-state index in [-0.39, 0.29) is 5.91 Å². The lowest BCUT2D eigenvalue weighted by Crippen LogP contribution is -2.42. The van der Waals surface area contributed by atoms with Gasteiger partial charge in [-0.25, -0.2) is 9.97 Å². The third-order valence-corrected chi connectivity index (χ3v) is 4.65. The van der Waals surface area contributed by atoms with Crippen LogP contribution >= 0.6 is 11.6 Å². The average molecular weight is 397 g/mol. The van der Waals surface area contributed by atoms with E-state index in [0.717, 1.165) is 11.3 Å². The first kappa shape index (κ1) is 19.4. The van der Waals surface area contributed by atoms with Crippen LogP contribution in [0.4, 0.5) is 17.3 Å². The quantitative estimate of drug-likeness (QED) is 0.608. The minimum atomic E-state index is -0.175. The number of carbonyl (C=O) groups is 1. The van der Waals surface area contributed by atoms with Crippen molar-refractivity contribution in [3.05, 3.63) is 71.3 Å². The highest BCUT2D eigenvalue weighted by Crippen LogP contribution is 2.28. The van der Waals surface area contributed by atoms with Gasteiger partial charge in [-0.05, 0) is 42.8 Å². The molecule has 2 heterocycles. The van der Waals surface area contributed by atoms with Gasteiger partial charge < -0.3 is 10.3 Å². The Morgan fingerprint density at radius 1 is 1.21 bits per heavy atom. The Morgan fingerprint density at radius 2 is 1.93 bits per heavy atom. The molecular weight excluding hydrogens is 376 g/mol. The lowest BCUT2D eigenvalue weighted by Gasteiger charge is -2.30. The maximum Gasteiger partial charge on any atom is 0.288 e. The summed E-state index contributed by atoms with van der Waals surface area (Å²) in [5, 5.41) is 7.03.